The molecule has 0 heterocycles. The van der Waals surface area contributed by atoms with Crippen molar-refractivity contribution in [3.8, 4) is 0 Å². The molecular weight excluding hydrogens is 335 g/mol. The van der Waals surface area contributed by atoms with Crippen molar-refractivity contribution in [3.05, 3.63) is 0 Å². The quantitative estimate of drug-likeness (QED) is 0.690. The highest BCUT2D eigenvalue weighted by Crippen LogP contribution is 2.51. The maximum absolute atomic E-state index is 13.4. The number of hydrogen-bond acceptors (Lipinski definition) is 3. The van der Waals surface area contributed by atoms with Gasteiger partial charge in [-0.3, -0.25) is 9.59 Å². The monoisotopic (exact) mass is 366 g/mol. The van der Waals surface area contributed by atoms with Crippen molar-refractivity contribution >= 4 is 23.3 Å². The van der Waals surface area contributed by atoms with Crippen LogP contribution in [0, 0.1) is 29.6 Å². The third-order valence-corrected chi connectivity index (χ3v) is 9.15. The summed E-state index contributed by atoms with van der Waals surface area (Å²) in [5.74, 6) is 1.16. The smallest absolute Gasteiger partial charge is 0.141 e. The summed E-state index contributed by atoms with van der Waals surface area (Å²) in [6.07, 6.45) is 8.76. The molecule has 0 aromatic carbocycles. The number of ketones is 2. The molecule has 0 aromatic rings. The number of alkyl halides is 1. The van der Waals surface area contributed by atoms with Crippen LogP contribution in [-0.4, -0.2) is 28.2 Å². The fraction of sp³-hybridized carbons (Fsp3) is 0.905. The number of Topliss-reactive ketones (excluding diaryl/α,β-unsaturated/α-hetero) is 2. The van der Waals surface area contributed by atoms with Crippen molar-refractivity contribution < 1.29 is 14.0 Å². The van der Waals surface area contributed by atoms with Crippen molar-refractivity contribution in [1.82, 2.24) is 0 Å². The number of rotatable bonds is 2. The highest BCUT2D eigenvalue weighted by Gasteiger charge is 2.55. The van der Waals surface area contributed by atoms with Gasteiger partial charge in [-0.1, -0.05) is 19.8 Å². The number of hydrogen-bond donors (Lipinski definition) is 0. The summed E-state index contributed by atoms with van der Waals surface area (Å²) in [4.78, 5) is 26.6. The molecular formula is C21H31FO2S. The van der Waals surface area contributed by atoms with Gasteiger partial charge < -0.3 is 0 Å². The summed E-state index contributed by atoms with van der Waals surface area (Å²) < 4.78 is 13.4. The van der Waals surface area contributed by atoms with E-state index in [0.717, 1.165) is 51.4 Å². The molecule has 4 fully saturated rings. The molecule has 4 aliphatic carbocycles. The van der Waals surface area contributed by atoms with E-state index in [-0.39, 0.29) is 23.7 Å². The topological polar surface area (TPSA) is 34.1 Å². The lowest BCUT2D eigenvalue weighted by molar-refractivity contribution is -0.152. The zero-order valence-corrected chi connectivity index (χ0v) is 16.1. The molecule has 0 aliphatic heterocycles. The first kappa shape index (κ1) is 18.0. The Balaban J connectivity index is 1.51. The zero-order chi connectivity index (χ0) is 17.6. The van der Waals surface area contributed by atoms with E-state index in [0.29, 0.717) is 40.8 Å². The lowest BCUT2D eigenvalue weighted by atomic mass is 9.56. The number of carbonyl (C=O) groups excluding carboxylic acids is 2. The molecule has 25 heavy (non-hydrogen) atoms. The molecule has 0 bridgehead atoms. The normalized spacial score (nSPS) is 47.9. The molecule has 0 amide bonds. The Labute approximate surface area is 155 Å². The van der Waals surface area contributed by atoms with Gasteiger partial charge in [0.1, 0.15) is 17.7 Å². The summed E-state index contributed by atoms with van der Waals surface area (Å²) >= 11 is 1.94. The van der Waals surface area contributed by atoms with Crippen LogP contribution in [0.3, 0.4) is 0 Å². The number of carbonyl (C=O) groups is 2. The lowest BCUT2D eigenvalue weighted by Crippen LogP contribution is -2.55. The van der Waals surface area contributed by atoms with Crippen molar-refractivity contribution in [3.63, 3.8) is 0 Å². The second kappa shape index (κ2) is 7.32. The van der Waals surface area contributed by atoms with E-state index < -0.39 is 6.17 Å². The van der Waals surface area contributed by atoms with Gasteiger partial charge in [0, 0.05) is 34.2 Å². The van der Waals surface area contributed by atoms with E-state index >= 15 is 0 Å². The lowest BCUT2D eigenvalue weighted by Gasteiger charge is -2.48. The Morgan fingerprint density at radius 2 is 1.40 bits per heavy atom. The molecule has 0 spiro atoms. The maximum Gasteiger partial charge on any atom is 0.141 e. The van der Waals surface area contributed by atoms with Gasteiger partial charge in [0.05, 0.1) is 0 Å². The zero-order valence-electron chi connectivity index (χ0n) is 15.3. The van der Waals surface area contributed by atoms with E-state index in [9.17, 15) is 14.0 Å². The first-order valence-corrected chi connectivity index (χ1v) is 11.4. The van der Waals surface area contributed by atoms with Crippen molar-refractivity contribution in [1.29, 1.82) is 0 Å². The predicted octanol–water partition coefficient (Wildman–Crippen LogP) is 4.99. The standard InChI is InChI=1S/C21H31FO2S/c1-12-4-2-5-15-18(12)20(23)16-6-3-7-17(19(16)21(15)24)25-14-10-8-13(22)9-11-14/h12-19H,2-11H2,1H3. The van der Waals surface area contributed by atoms with Crippen molar-refractivity contribution in [2.24, 2.45) is 29.6 Å². The van der Waals surface area contributed by atoms with Gasteiger partial charge in [0.25, 0.3) is 0 Å². The maximum atomic E-state index is 13.4. The van der Waals surface area contributed by atoms with Gasteiger partial charge in [-0.2, -0.15) is 11.8 Å². The predicted molar refractivity (Wildman–Crippen MR) is 99.4 cm³/mol. The SMILES string of the molecule is CC1CCCC2C(=O)C3C(SC4CCC(F)CC4)CCCC3C(=O)C12. The average Bonchev–Trinajstić information content (AvgIpc) is 2.61. The minimum Gasteiger partial charge on any atom is -0.299 e. The van der Waals surface area contributed by atoms with Crippen LogP contribution in [0.15, 0.2) is 0 Å². The highest BCUT2D eigenvalue weighted by atomic mass is 32.2. The van der Waals surface area contributed by atoms with E-state index in [4.69, 9.17) is 0 Å². The van der Waals surface area contributed by atoms with Gasteiger partial charge >= 0.3 is 0 Å². The first-order chi connectivity index (χ1) is 12.1. The Kier molecular flexibility index (Phi) is 5.28. The van der Waals surface area contributed by atoms with Crippen LogP contribution in [0.2, 0.25) is 0 Å². The molecule has 4 saturated carbocycles. The van der Waals surface area contributed by atoms with Gasteiger partial charge in [-0.25, -0.2) is 4.39 Å². The molecule has 4 heteroatoms. The van der Waals surface area contributed by atoms with Gasteiger partial charge in [-0.15, -0.1) is 0 Å². The fourth-order valence-corrected chi connectivity index (χ4v) is 7.96. The molecule has 0 saturated heterocycles. The summed E-state index contributed by atoms with van der Waals surface area (Å²) in [5, 5.41) is 0.788. The molecule has 4 rings (SSSR count). The molecule has 4 aliphatic rings. The summed E-state index contributed by atoms with van der Waals surface area (Å²) in [5.41, 5.74) is 0. The van der Waals surface area contributed by atoms with Crippen LogP contribution >= 0.6 is 11.8 Å². The van der Waals surface area contributed by atoms with E-state index in [2.05, 4.69) is 6.92 Å². The first-order valence-electron chi connectivity index (χ1n) is 10.4. The second-order valence-corrected chi connectivity index (χ2v) is 10.5. The van der Waals surface area contributed by atoms with E-state index in [1.807, 2.05) is 11.8 Å². The molecule has 0 radical (unpaired) electrons. The van der Waals surface area contributed by atoms with Crippen LogP contribution in [-0.2, 0) is 9.59 Å². The Morgan fingerprint density at radius 1 is 0.800 bits per heavy atom. The Bertz CT molecular complexity index is 528. The Morgan fingerprint density at radius 3 is 2.12 bits per heavy atom. The molecule has 6 unspecified atom stereocenters. The van der Waals surface area contributed by atoms with Crippen LogP contribution in [0.1, 0.15) is 71.1 Å². The third-order valence-electron chi connectivity index (χ3n) is 7.42. The van der Waals surface area contributed by atoms with E-state index in [1.165, 1.54) is 0 Å². The molecule has 0 aromatic heterocycles. The third kappa shape index (κ3) is 3.33. The molecule has 140 valence electrons. The van der Waals surface area contributed by atoms with Gasteiger partial charge in [-0.05, 0) is 57.3 Å². The summed E-state index contributed by atoms with van der Waals surface area (Å²) in [6, 6.07) is 0. The second-order valence-electron chi connectivity index (χ2n) is 8.96. The number of fused-ring (bicyclic) bond motifs is 2. The molecule has 2 nitrogen and oxygen atoms in total. The fourth-order valence-electron chi connectivity index (χ4n) is 6.12. The minimum atomic E-state index is -0.627. The number of thioether (sulfide) groups is 1. The molecule has 0 N–H and O–H groups in total. The average molecular weight is 367 g/mol. The van der Waals surface area contributed by atoms with Gasteiger partial charge in [0.2, 0.25) is 0 Å². The highest BCUT2D eigenvalue weighted by molar-refractivity contribution is 8.00. The summed E-state index contributed by atoms with van der Waals surface area (Å²) in [6.45, 7) is 2.17. The largest absolute Gasteiger partial charge is 0.299 e. The van der Waals surface area contributed by atoms with Crippen LogP contribution < -0.4 is 0 Å². The van der Waals surface area contributed by atoms with Crippen LogP contribution in [0.25, 0.3) is 0 Å². The van der Waals surface area contributed by atoms with Crippen molar-refractivity contribution in [2.45, 2.75) is 87.8 Å². The Hall–Kier alpha value is -0.380. The summed E-state index contributed by atoms with van der Waals surface area (Å²) in [7, 11) is 0. The molecule has 6 atom stereocenters. The number of halogens is 1. The van der Waals surface area contributed by atoms with Crippen molar-refractivity contribution in [2.75, 3.05) is 0 Å². The minimum absolute atomic E-state index is 0.000257. The van der Waals surface area contributed by atoms with Gasteiger partial charge in [0.15, 0.2) is 0 Å². The van der Waals surface area contributed by atoms with Crippen LogP contribution in [0.5, 0.6) is 0 Å². The van der Waals surface area contributed by atoms with Crippen LogP contribution in [0.4, 0.5) is 4.39 Å². The van der Waals surface area contributed by atoms with E-state index in [1.54, 1.807) is 0 Å².